The average Bonchev–Trinajstić information content (AvgIpc) is 2.62. The van der Waals surface area contributed by atoms with E-state index in [9.17, 15) is 18.4 Å². The third kappa shape index (κ3) is 4.69. The molecule has 6 nitrogen and oxygen atoms in total. The second kappa shape index (κ2) is 9.25. The lowest BCUT2D eigenvalue weighted by molar-refractivity contribution is -0.133. The van der Waals surface area contributed by atoms with Crippen LogP contribution in [0.25, 0.3) is 0 Å². The first-order valence-corrected chi connectivity index (χ1v) is 8.38. The number of amides is 2. The Kier molecular flexibility index (Phi) is 7.31. The molecule has 2 fully saturated rings. The highest BCUT2D eigenvalue weighted by Crippen LogP contribution is 2.16. The predicted molar refractivity (Wildman–Crippen MR) is 93.3 cm³/mol. The van der Waals surface area contributed by atoms with E-state index in [1.54, 1.807) is 4.90 Å². The van der Waals surface area contributed by atoms with Crippen molar-refractivity contribution in [1.82, 2.24) is 15.1 Å². The van der Waals surface area contributed by atoms with Crippen LogP contribution in [0.3, 0.4) is 0 Å². The SMILES string of the molecule is Cl.O=C(CC1COCCN1)N1CCN(C(=O)c2c(F)cccc2F)CC1. The fourth-order valence-corrected chi connectivity index (χ4v) is 3.11. The number of carbonyl (C=O) groups is 2. The third-order valence-electron chi connectivity index (χ3n) is 4.52. The highest BCUT2D eigenvalue weighted by molar-refractivity contribution is 5.95. The van der Waals surface area contributed by atoms with Crippen LogP contribution in [0, 0.1) is 11.6 Å². The van der Waals surface area contributed by atoms with Crippen LogP contribution >= 0.6 is 12.4 Å². The Hall–Kier alpha value is -1.77. The molecule has 0 saturated carbocycles. The van der Waals surface area contributed by atoms with Gasteiger partial charge >= 0.3 is 0 Å². The second-order valence-electron chi connectivity index (χ2n) is 6.20. The van der Waals surface area contributed by atoms with Crippen LogP contribution in [-0.2, 0) is 9.53 Å². The maximum Gasteiger partial charge on any atom is 0.259 e. The van der Waals surface area contributed by atoms with E-state index in [1.807, 2.05) is 0 Å². The van der Waals surface area contributed by atoms with Gasteiger partial charge in [0, 0.05) is 45.2 Å². The van der Waals surface area contributed by atoms with Gasteiger partial charge in [0.25, 0.3) is 5.91 Å². The molecule has 2 aliphatic rings. The molecule has 0 aromatic heterocycles. The van der Waals surface area contributed by atoms with Gasteiger partial charge < -0.3 is 19.9 Å². The summed E-state index contributed by atoms with van der Waals surface area (Å²) in [5.74, 6) is -2.42. The minimum Gasteiger partial charge on any atom is -0.378 e. The highest BCUT2D eigenvalue weighted by atomic mass is 35.5. The monoisotopic (exact) mass is 389 g/mol. The molecule has 0 bridgehead atoms. The number of benzene rings is 1. The number of nitrogens with one attached hydrogen (secondary N) is 1. The molecule has 2 amide bonds. The molecule has 0 spiro atoms. The number of nitrogens with zero attached hydrogens (tertiary/aromatic N) is 2. The fraction of sp³-hybridized carbons (Fsp3) is 0.529. The van der Waals surface area contributed by atoms with Gasteiger partial charge in [-0.15, -0.1) is 12.4 Å². The predicted octanol–water partition coefficient (Wildman–Crippen LogP) is 1.05. The summed E-state index contributed by atoms with van der Waals surface area (Å²) >= 11 is 0. The molecule has 144 valence electrons. The number of rotatable bonds is 3. The minimum atomic E-state index is -0.869. The molecule has 0 radical (unpaired) electrons. The van der Waals surface area contributed by atoms with Gasteiger partial charge in [-0.2, -0.15) is 0 Å². The number of hydrogen-bond donors (Lipinski definition) is 1. The van der Waals surface area contributed by atoms with Crippen LogP contribution in [0.4, 0.5) is 8.78 Å². The lowest BCUT2D eigenvalue weighted by atomic mass is 10.1. The molecule has 1 aromatic rings. The van der Waals surface area contributed by atoms with Gasteiger partial charge in [-0.25, -0.2) is 8.78 Å². The van der Waals surface area contributed by atoms with E-state index in [2.05, 4.69) is 5.32 Å². The van der Waals surface area contributed by atoms with Gasteiger partial charge in [-0.3, -0.25) is 9.59 Å². The number of ether oxygens (including phenoxy) is 1. The summed E-state index contributed by atoms with van der Waals surface area (Å²) in [5, 5.41) is 3.23. The van der Waals surface area contributed by atoms with Crippen LogP contribution in [0.5, 0.6) is 0 Å². The molecule has 1 N–H and O–H groups in total. The Morgan fingerprint density at radius 1 is 1.12 bits per heavy atom. The van der Waals surface area contributed by atoms with E-state index in [1.165, 1.54) is 11.0 Å². The second-order valence-corrected chi connectivity index (χ2v) is 6.20. The highest BCUT2D eigenvalue weighted by Gasteiger charge is 2.29. The Labute approximate surface area is 156 Å². The van der Waals surface area contributed by atoms with Crippen molar-refractivity contribution in [2.75, 3.05) is 45.9 Å². The van der Waals surface area contributed by atoms with Crippen molar-refractivity contribution < 1.29 is 23.1 Å². The van der Waals surface area contributed by atoms with Crippen molar-refractivity contribution in [2.45, 2.75) is 12.5 Å². The van der Waals surface area contributed by atoms with E-state index >= 15 is 0 Å². The molecule has 3 rings (SSSR count). The molecule has 2 heterocycles. The molecular weight excluding hydrogens is 368 g/mol. The Morgan fingerprint density at radius 3 is 2.31 bits per heavy atom. The van der Waals surface area contributed by atoms with Crippen LogP contribution in [0.1, 0.15) is 16.8 Å². The van der Waals surface area contributed by atoms with Gasteiger partial charge in [0.1, 0.15) is 17.2 Å². The molecule has 9 heteroatoms. The van der Waals surface area contributed by atoms with Crippen LogP contribution in [0.15, 0.2) is 18.2 Å². The number of morpholine rings is 1. The Morgan fingerprint density at radius 2 is 1.73 bits per heavy atom. The summed E-state index contributed by atoms with van der Waals surface area (Å²) in [5.41, 5.74) is -0.536. The maximum absolute atomic E-state index is 13.8. The van der Waals surface area contributed by atoms with Crippen molar-refractivity contribution in [3.05, 3.63) is 35.4 Å². The van der Waals surface area contributed by atoms with Crippen molar-refractivity contribution in [3.63, 3.8) is 0 Å². The van der Waals surface area contributed by atoms with Gasteiger partial charge in [-0.05, 0) is 12.1 Å². The zero-order chi connectivity index (χ0) is 17.8. The van der Waals surface area contributed by atoms with Crippen molar-refractivity contribution in [1.29, 1.82) is 0 Å². The maximum atomic E-state index is 13.8. The summed E-state index contributed by atoms with van der Waals surface area (Å²) < 4.78 is 32.8. The molecule has 2 aliphatic heterocycles. The normalized spacial score (nSPS) is 20.5. The molecular formula is C17H22ClF2N3O3. The van der Waals surface area contributed by atoms with Crippen LogP contribution in [-0.4, -0.2) is 73.6 Å². The number of hydrogen-bond acceptors (Lipinski definition) is 4. The smallest absolute Gasteiger partial charge is 0.259 e. The first-order chi connectivity index (χ1) is 12.1. The van der Waals surface area contributed by atoms with E-state index in [0.29, 0.717) is 32.7 Å². The summed E-state index contributed by atoms with van der Waals surface area (Å²) in [6.07, 6.45) is 0.343. The van der Waals surface area contributed by atoms with Gasteiger partial charge in [0.2, 0.25) is 5.91 Å². The summed E-state index contributed by atoms with van der Waals surface area (Å²) in [4.78, 5) is 27.7. The van der Waals surface area contributed by atoms with E-state index in [0.717, 1.165) is 18.7 Å². The largest absolute Gasteiger partial charge is 0.378 e. The van der Waals surface area contributed by atoms with Crippen LogP contribution in [0.2, 0.25) is 0 Å². The van der Waals surface area contributed by atoms with Crippen molar-refractivity contribution in [2.24, 2.45) is 0 Å². The molecule has 1 atom stereocenters. The summed E-state index contributed by atoms with van der Waals surface area (Å²) in [6, 6.07) is 3.36. The van der Waals surface area contributed by atoms with Crippen molar-refractivity contribution in [3.8, 4) is 0 Å². The van der Waals surface area contributed by atoms with Crippen LogP contribution < -0.4 is 5.32 Å². The zero-order valence-electron chi connectivity index (χ0n) is 14.2. The molecule has 1 aromatic carbocycles. The quantitative estimate of drug-likeness (QED) is 0.839. The number of halogens is 3. The van der Waals surface area contributed by atoms with E-state index in [4.69, 9.17) is 4.74 Å². The number of piperazine rings is 1. The average molecular weight is 390 g/mol. The van der Waals surface area contributed by atoms with Gasteiger partial charge in [-0.1, -0.05) is 6.07 Å². The van der Waals surface area contributed by atoms with Gasteiger partial charge in [0.15, 0.2) is 0 Å². The topological polar surface area (TPSA) is 61.9 Å². The third-order valence-corrected chi connectivity index (χ3v) is 4.52. The zero-order valence-corrected chi connectivity index (χ0v) is 15.1. The molecule has 1 unspecified atom stereocenters. The summed E-state index contributed by atoms with van der Waals surface area (Å²) in [7, 11) is 0. The molecule has 0 aliphatic carbocycles. The Bertz CT molecular complexity index is 628. The first kappa shape index (κ1) is 20.5. The lowest BCUT2D eigenvalue weighted by Crippen LogP contribution is -2.52. The standard InChI is InChI=1S/C17H21F2N3O3.ClH/c18-13-2-1-3-14(19)16(13)17(24)22-7-5-21(6-8-22)15(23)10-12-11-25-9-4-20-12;/h1-3,12,20H,4-11H2;1H. The van der Waals surface area contributed by atoms with Gasteiger partial charge in [0.05, 0.1) is 13.2 Å². The molecule has 2 saturated heterocycles. The van der Waals surface area contributed by atoms with E-state index in [-0.39, 0.29) is 37.4 Å². The minimum absolute atomic E-state index is 0. The first-order valence-electron chi connectivity index (χ1n) is 8.38. The lowest BCUT2D eigenvalue weighted by Gasteiger charge is -2.36. The fourth-order valence-electron chi connectivity index (χ4n) is 3.11. The summed E-state index contributed by atoms with van der Waals surface area (Å²) in [6.45, 7) is 3.12. The van der Waals surface area contributed by atoms with Crippen molar-refractivity contribution >= 4 is 24.2 Å². The van der Waals surface area contributed by atoms with E-state index < -0.39 is 23.1 Å². The Balaban J connectivity index is 0.00000243. The molecule has 26 heavy (non-hydrogen) atoms. The number of carbonyl (C=O) groups excluding carboxylic acids is 2.